The predicted octanol–water partition coefficient (Wildman–Crippen LogP) is 1.72. The number of amides is 1. The standard InChI is InChI=1S/C13H16BrN3O3/c14-9-4-5-11(15-7-9)16-12(18)8-17-6-2-1-3-10(17)13(19)20/h4-5,7,10H,1-3,6,8H2,(H,19,20)(H,15,16,18). The number of carboxylic acids is 1. The minimum atomic E-state index is -0.862. The number of likely N-dealkylation sites (tertiary alicyclic amines) is 1. The second kappa shape index (κ2) is 6.81. The van der Waals surface area contributed by atoms with Crippen LogP contribution in [0.5, 0.6) is 0 Å². The minimum absolute atomic E-state index is 0.0781. The van der Waals surface area contributed by atoms with Crippen molar-refractivity contribution in [2.45, 2.75) is 25.3 Å². The van der Waals surface area contributed by atoms with Gasteiger partial charge < -0.3 is 10.4 Å². The number of halogens is 1. The van der Waals surface area contributed by atoms with Gasteiger partial charge in [0.15, 0.2) is 0 Å². The van der Waals surface area contributed by atoms with Gasteiger partial charge in [-0.05, 0) is 47.4 Å². The van der Waals surface area contributed by atoms with E-state index in [1.165, 1.54) is 0 Å². The molecule has 108 valence electrons. The van der Waals surface area contributed by atoms with Gasteiger partial charge in [0.05, 0.1) is 6.54 Å². The number of nitrogens with one attached hydrogen (secondary N) is 1. The van der Waals surface area contributed by atoms with E-state index in [4.69, 9.17) is 5.11 Å². The number of carbonyl (C=O) groups excluding carboxylic acids is 1. The highest BCUT2D eigenvalue weighted by molar-refractivity contribution is 9.10. The molecule has 0 bridgehead atoms. The molecule has 1 aliphatic heterocycles. The normalized spacial score (nSPS) is 19.6. The first-order chi connectivity index (χ1) is 9.56. The van der Waals surface area contributed by atoms with E-state index in [1.807, 2.05) is 0 Å². The molecule has 6 nitrogen and oxygen atoms in total. The van der Waals surface area contributed by atoms with Crippen LogP contribution in [0.1, 0.15) is 19.3 Å². The number of aromatic nitrogens is 1. The summed E-state index contributed by atoms with van der Waals surface area (Å²) in [6, 6.07) is 2.91. The van der Waals surface area contributed by atoms with Gasteiger partial charge in [0.25, 0.3) is 0 Å². The van der Waals surface area contributed by atoms with Crippen molar-refractivity contribution in [2.24, 2.45) is 0 Å². The summed E-state index contributed by atoms with van der Waals surface area (Å²) in [7, 11) is 0. The fourth-order valence-corrected chi connectivity index (χ4v) is 2.51. The summed E-state index contributed by atoms with van der Waals surface area (Å²) in [5.74, 6) is -0.644. The zero-order valence-electron chi connectivity index (χ0n) is 10.9. The fraction of sp³-hybridized carbons (Fsp3) is 0.462. The largest absolute Gasteiger partial charge is 0.480 e. The molecule has 1 aliphatic rings. The van der Waals surface area contributed by atoms with Gasteiger partial charge in [0, 0.05) is 10.7 Å². The van der Waals surface area contributed by atoms with E-state index in [9.17, 15) is 9.59 Å². The first-order valence-corrected chi connectivity index (χ1v) is 7.24. The molecular formula is C13H16BrN3O3. The molecule has 0 saturated carbocycles. The number of carboxylic acid groups (broad SMARTS) is 1. The Bertz CT molecular complexity index is 492. The highest BCUT2D eigenvalue weighted by atomic mass is 79.9. The van der Waals surface area contributed by atoms with Crippen molar-refractivity contribution in [1.29, 1.82) is 0 Å². The molecular weight excluding hydrogens is 326 g/mol. The molecule has 1 fully saturated rings. The highest BCUT2D eigenvalue weighted by Gasteiger charge is 2.29. The third-order valence-corrected chi connectivity index (χ3v) is 3.71. The quantitative estimate of drug-likeness (QED) is 0.871. The number of pyridine rings is 1. The molecule has 0 aliphatic carbocycles. The minimum Gasteiger partial charge on any atom is -0.480 e. The molecule has 7 heteroatoms. The van der Waals surface area contributed by atoms with Crippen molar-refractivity contribution < 1.29 is 14.7 Å². The average Bonchev–Trinajstić information content (AvgIpc) is 2.41. The molecule has 1 amide bonds. The summed E-state index contributed by atoms with van der Waals surface area (Å²) < 4.78 is 0.831. The maximum absolute atomic E-state index is 11.9. The Kier molecular flexibility index (Phi) is 5.08. The molecule has 2 N–H and O–H groups in total. The molecule has 1 saturated heterocycles. The molecule has 2 heterocycles. The molecule has 0 aromatic carbocycles. The van der Waals surface area contributed by atoms with E-state index < -0.39 is 12.0 Å². The van der Waals surface area contributed by atoms with Crippen LogP contribution in [-0.2, 0) is 9.59 Å². The van der Waals surface area contributed by atoms with Crippen molar-refractivity contribution >= 4 is 33.6 Å². The van der Waals surface area contributed by atoms with E-state index in [1.54, 1.807) is 23.2 Å². The molecule has 1 atom stereocenters. The van der Waals surface area contributed by atoms with Gasteiger partial charge in [-0.3, -0.25) is 14.5 Å². The number of nitrogens with zero attached hydrogens (tertiary/aromatic N) is 2. The van der Waals surface area contributed by atoms with Crippen LogP contribution in [0, 0.1) is 0 Å². The van der Waals surface area contributed by atoms with Crippen LogP contribution in [0.2, 0.25) is 0 Å². The number of piperidine rings is 1. The van der Waals surface area contributed by atoms with Crippen LogP contribution in [0.3, 0.4) is 0 Å². The zero-order valence-corrected chi connectivity index (χ0v) is 12.5. The van der Waals surface area contributed by atoms with E-state index in [2.05, 4.69) is 26.2 Å². The molecule has 1 aromatic rings. The first kappa shape index (κ1) is 14.9. The maximum atomic E-state index is 11.9. The van der Waals surface area contributed by atoms with Gasteiger partial charge in [-0.25, -0.2) is 4.98 Å². The van der Waals surface area contributed by atoms with Gasteiger partial charge in [0.2, 0.25) is 5.91 Å². The lowest BCUT2D eigenvalue weighted by Crippen LogP contribution is -2.47. The SMILES string of the molecule is O=C(CN1CCCCC1C(=O)O)Nc1ccc(Br)cn1. The summed E-state index contributed by atoms with van der Waals surface area (Å²) in [5, 5.41) is 11.8. The molecule has 1 aromatic heterocycles. The molecule has 1 unspecified atom stereocenters. The molecule has 20 heavy (non-hydrogen) atoms. The number of anilines is 1. The Morgan fingerprint density at radius 3 is 2.90 bits per heavy atom. The third-order valence-electron chi connectivity index (χ3n) is 3.24. The Labute approximate surface area is 125 Å². The van der Waals surface area contributed by atoms with Crippen LogP contribution in [-0.4, -0.2) is 46.0 Å². The summed E-state index contributed by atoms with van der Waals surface area (Å²) in [4.78, 5) is 28.8. The third kappa shape index (κ3) is 4.01. The molecule has 2 rings (SSSR count). The number of hydrogen-bond donors (Lipinski definition) is 2. The van der Waals surface area contributed by atoms with Crippen molar-refractivity contribution in [3.05, 3.63) is 22.8 Å². The van der Waals surface area contributed by atoms with Gasteiger partial charge in [-0.1, -0.05) is 6.42 Å². The monoisotopic (exact) mass is 341 g/mol. The van der Waals surface area contributed by atoms with E-state index in [-0.39, 0.29) is 12.5 Å². The number of hydrogen-bond acceptors (Lipinski definition) is 4. The zero-order chi connectivity index (χ0) is 14.5. The van der Waals surface area contributed by atoms with Gasteiger partial charge >= 0.3 is 5.97 Å². The average molecular weight is 342 g/mol. The fourth-order valence-electron chi connectivity index (χ4n) is 2.28. The number of aliphatic carboxylic acids is 1. The highest BCUT2D eigenvalue weighted by Crippen LogP contribution is 2.17. The van der Waals surface area contributed by atoms with Crippen LogP contribution in [0.15, 0.2) is 22.8 Å². The topological polar surface area (TPSA) is 82.5 Å². The smallest absolute Gasteiger partial charge is 0.320 e. The van der Waals surface area contributed by atoms with Gasteiger partial charge in [0.1, 0.15) is 11.9 Å². The summed E-state index contributed by atoms with van der Waals surface area (Å²) >= 11 is 3.27. The van der Waals surface area contributed by atoms with Crippen molar-refractivity contribution in [3.8, 4) is 0 Å². The number of rotatable bonds is 4. The Morgan fingerprint density at radius 1 is 1.45 bits per heavy atom. The first-order valence-electron chi connectivity index (χ1n) is 6.44. The van der Waals surface area contributed by atoms with Gasteiger partial charge in [-0.15, -0.1) is 0 Å². The van der Waals surface area contributed by atoms with Crippen LogP contribution in [0.25, 0.3) is 0 Å². The van der Waals surface area contributed by atoms with Crippen molar-refractivity contribution in [2.75, 3.05) is 18.4 Å². The summed E-state index contributed by atoms with van der Waals surface area (Å²) in [6.07, 6.45) is 4.01. The van der Waals surface area contributed by atoms with Crippen LogP contribution >= 0.6 is 15.9 Å². The van der Waals surface area contributed by atoms with E-state index >= 15 is 0 Å². The summed E-state index contributed by atoms with van der Waals surface area (Å²) in [6.45, 7) is 0.715. The second-order valence-electron chi connectivity index (χ2n) is 4.73. The molecule has 0 spiro atoms. The lowest BCUT2D eigenvalue weighted by molar-refractivity contribution is -0.145. The van der Waals surface area contributed by atoms with Crippen LogP contribution < -0.4 is 5.32 Å². The second-order valence-corrected chi connectivity index (χ2v) is 5.65. The van der Waals surface area contributed by atoms with Gasteiger partial charge in [-0.2, -0.15) is 0 Å². The Morgan fingerprint density at radius 2 is 2.25 bits per heavy atom. The Hall–Kier alpha value is -1.47. The van der Waals surface area contributed by atoms with Crippen molar-refractivity contribution in [3.63, 3.8) is 0 Å². The van der Waals surface area contributed by atoms with E-state index in [0.717, 1.165) is 17.3 Å². The maximum Gasteiger partial charge on any atom is 0.320 e. The lowest BCUT2D eigenvalue weighted by atomic mass is 10.0. The lowest BCUT2D eigenvalue weighted by Gasteiger charge is -2.32. The van der Waals surface area contributed by atoms with Crippen molar-refractivity contribution in [1.82, 2.24) is 9.88 Å². The van der Waals surface area contributed by atoms with Crippen LogP contribution in [0.4, 0.5) is 5.82 Å². The Balaban J connectivity index is 1.92. The molecule has 0 radical (unpaired) electrons. The van der Waals surface area contributed by atoms with E-state index in [0.29, 0.717) is 18.8 Å². The summed E-state index contributed by atoms with van der Waals surface area (Å²) in [5.41, 5.74) is 0. The predicted molar refractivity (Wildman–Crippen MR) is 77.4 cm³/mol. The number of carbonyl (C=O) groups is 2.